The number of alkyl halides is 3. The van der Waals surface area contributed by atoms with Crippen LogP contribution in [0.3, 0.4) is 0 Å². The van der Waals surface area contributed by atoms with Gasteiger partial charge in [0.25, 0.3) is 0 Å². The van der Waals surface area contributed by atoms with Crippen molar-refractivity contribution in [2.45, 2.75) is 23.9 Å². The zero-order valence-corrected chi connectivity index (χ0v) is 16.0. The molecule has 0 spiro atoms. The van der Waals surface area contributed by atoms with Gasteiger partial charge in [-0.2, -0.15) is 13.2 Å². The number of anilines is 2. The van der Waals surface area contributed by atoms with Crippen LogP contribution >= 0.6 is 23.4 Å². The van der Waals surface area contributed by atoms with Gasteiger partial charge in [-0.1, -0.05) is 17.7 Å². The minimum absolute atomic E-state index is 0.0256. The van der Waals surface area contributed by atoms with Crippen molar-refractivity contribution < 1.29 is 22.8 Å². The number of nitrogens with one attached hydrogen (secondary N) is 2. The van der Waals surface area contributed by atoms with Gasteiger partial charge in [0.15, 0.2) is 0 Å². The SMILES string of the molecule is O=C(CSc1cccc(NC(=O)C2CC2)c1)Nc1ccc(Cl)cc1C(F)(F)F. The molecule has 0 heterocycles. The van der Waals surface area contributed by atoms with Crippen molar-refractivity contribution in [1.82, 2.24) is 0 Å². The molecule has 2 aromatic rings. The molecule has 3 rings (SSSR count). The van der Waals surface area contributed by atoms with E-state index >= 15 is 0 Å². The highest BCUT2D eigenvalue weighted by Gasteiger charge is 2.34. The van der Waals surface area contributed by atoms with Crippen LogP contribution < -0.4 is 10.6 Å². The van der Waals surface area contributed by atoms with Gasteiger partial charge < -0.3 is 10.6 Å². The molecule has 1 aliphatic carbocycles. The van der Waals surface area contributed by atoms with Crippen LogP contribution in [0, 0.1) is 5.92 Å². The lowest BCUT2D eigenvalue weighted by atomic mass is 10.1. The number of carbonyl (C=O) groups is 2. The van der Waals surface area contributed by atoms with Crippen molar-refractivity contribution in [3.8, 4) is 0 Å². The molecule has 0 bridgehead atoms. The normalized spacial score (nSPS) is 13.9. The maximum absolute atomic E-state index is 13.1. The predicted octanol–water partition coefficient (Wildman–Crippen LogP) is 5.44. The van der Waals surface area contributed by atoms with Gasteiger partial charge >= 0.3 is 6.18 Å². The van der Waals surface area contributed by atoms with Crippen LogP contribution in [0.1, 0.15) is 18.4 Å². The molecular weight excluding hydrogens is 413 g/mol. The summed E-state index contributed by atoms with van der Waals surface area (Å²) in [7, 11) is 0. The first-order valence-electron chi connectivity index (χ1n) is 8.43. The van der Waals surface area contributed by atoms with Gasteiger partial charge in [0.2, 0.25) is 11.8 Å². The Kier molecular flexibility index (Phi) is 6.20. The van der Waals surface area contributed by atoms with Crippen LogP contribution in [-0.2, 0) is 15.8 Å². The molecule has 148 valence electrons. The Balaban J connectivity index is 1.60. The smallest absolute Gasteiger partial charge is 0.326 e. The minimum Gasteiger partial charge on any atom is -0.326 e. The van der Waals surface area contributed by atoms with Crippen LogP contribution in [0.15, 0.2) is 47.4 Å². The highest BCUT2D eigenvalue weighted by molar-refractivity contribution is 8.00. The number of amides is 2. The van der Waals surface area contributed by atoms with Crippen LogP contribution in [0.2, 0.25) is 5.02 Å². The Bertz CT molecular complexity index is 901. The number of hydrogen-bond acceptors (Lipinski definition) is 3. The molecule has 9 heteroatoms. The highest BCUT2D eigenvalue weighted by Crippen LogP contribution is 2.36. The van der Waals surface area contributed by atoms with Crippen molar-refractivity contribution in [3.05, 3.63) is 53.1 Å². The molecule has 0 aromatic heterocycles. The first-order valence-corrected chi connectivity index (χ1v) is 9.79. The number of thioether (sulfide) groups is 1. The molecule has 0 aliphatic heterocycles. The standard InChI is InChI=1S/C19H16ClF3N2O2S/c20-12-6-7-16(15(8-12)19(21,22)23)25-17(26)10-28-14-3-1-2-13(9-14)24-18(27)11-4-5-11/h1-3,6-9,11H,4-5,10H2,(H,24,27)(H,25,26). The molecule has 0 atom stereocenters. The molecule has 28 heavy (non-hydrogen) atoms. The third-order valence-corrected chi connectivity index (χ3v) is 5.21. The third-order valence-electron chi connectivity index (χ3n) is 3.98. The van der Waals surface area contributed by atoms with Gasteiger partial charge in [0.1, 0.15) is 0 Å². The van der Waals surface area contributed by atoms with Crippen molar-refractivity contribution in [3.63, 3.8) is 0 Å². The quantitative estimate of drug-likeness (QED) is 0.602. The summed E-state index contributed by atoms with van der Waals surface area (Å²) in [6.07, 6.45) is -2.84. The predicted molar refractivity (Wildman–Crippen MR) is 104 cm³/mol. The van der Waals surface area contributed by atoms with Crippen LogP contribution in [0.25, 0.3) is 0 Å². The number of benzene rings is 2. The van der Waals surface area contributed by atoms with Gasteiger partial charge in [-0.3, -0.25) is 9.59 Å². The van der Waals surface area contributed by atoms with Crippen LogP contribution in [0.5, 0.6) is 0 Å². The lowest BCUT2D eigenvalue weighted by Crippen LogP contribution is -2.18. The van der Waals surface area contributed by atoms with E-state index in [0.29, 0.717) is 5.69 Å². The van der Waals surface area contributed by atoms with E-state index in [0.717, 1.165) is 41.6 Å². The van der Waals surface area contributed by atoms with Crippen LogP contribution in [0.4, 0.5) is 24.5 Å². The number of carbonyl (C=O) groups excluding carboxylic acids is 2. The molecule has 2 aromatic carbocycles. The van der Waals surface area contributed by atoms with E-state index in [1.54, 1.807) is 24.3 Å². The Labute approximate surface area is 168 Å². The monoisotopic (exact) mass is 428 g/mol. The highest BCUT2D eigenvalue weighted by atomic mass is 35.5. The number of halogens is 4. The summed E-state index contributed by atoms with van der Waals surface area (Å²) in [5, 5.41) is 5.02. The summed E-state index contributed by atoms with van der Waals surface area (Å²) in [6, 6.07) is 10.1. The molecular formula is C19H16ClF3N2O2S. The summed E-state index contributed by atoms with van der Waals surface area (Å²) in [4.78, 5) is 24.6. The molecule has 0 saturated heterocycles. The van der Waals surface area contributed by atoms with E-state index in [-0.39, 0.29) is 28.3 Å². The molecule has 1 saturated carbocycles. The largest absolute Gasteiger partial charge is 0.418 e. The fourth-order valence-corrected chi connectivity index (χ4v) is 3.38. The number of hydrogen-bond donors (Lipinski definition) is 2. The fourth-order valence-electron chi connectivity index (χ4n) is 2.45. The molecule has 4 nitrogen and oxygen atoms in total. The van der Waals surface area contributed by atoms with E-state index in [1.807, 2.05) is 0 Å². The summed E-state index contributed by atoms with van der Waals surface area (Å²) in [6.45, 7) is 0. The Hall–Kier alpha value is -2.19. The lowest BCUT2D eigenvalue weighted by Gasteiger charge is -2.14. The first-order chi connectivity index (χ1) is 13.2. The van der Waals surface area contributed by atoms with E-state index in [2.05, 4.69) is 10.6 Å². The van der Waals surface area contributed by atoms with Gasteiger partial charge in [-0.05, 0) is 49.2 Å². The van der Waals surface area contributed by atoms with Crippen molar-refractivity contribution >= 4 is 46.6 Å². The third kappa shape index (κ3) is 5.65. The molecule has 0 radical (unpaired) electrons. The Morgan fingerprint density at radius 3 is 2.54 bits per heavy atom. The van der Waals surface area contributed by atoms with Gasteiger partial charge in [0, 0.05) is 21.5 Å². The van der Waals surface area contributed by atoms with E-state index in [1.165, 1.54) is 6.07 Å². The molecule has 2 amide bonds. The Morgan fingerprint density at radius 1 is 1.11 bits per heavy atom. The minimum atomic E-state index is -4.63. The topological polar surface area (TPSA) is 58.2 Å². The van der Waals surface area contributed by atoms with Gasteiger partial charge in [-0.25, -0.2) is 0 Å². The average molecular weight is 429 g/mol. The second-order valence-electron chi connectivity index (χ2n) is 6.32. The van der Waals surface area contributed by atoms with Gasteiger partial charge in [0.05, 0.1) is 17.0 Å². The zero-order valence-electron chi connectivity index (χ0n) is 14.5. The summed E-state index contributed by atoms with van der Waals surface area (Å²) in [5.74, 6) is -0.614. The van der Waals surface area contributed by atoms with Crippen molar-refractivity contribution in [2.24, 2.45) is 5.92 Å². The van der Waals surface area contributed by atoms with Gasteiger partial charge in [-0.15, -0.1) is 11.8 Å². The molecule has 1 fully saturated rings. The first kappa shape index (κ1) is 20.5. The van der Waals surface area contributed by atoms with Crippen LogP contribution in [-0.4, -0.2) is 17.6 Å². The van der Waals surface area contributed by atoms with E-state index in [9.17, 15) is 22.8 Å². The summed E-state index contributed by atoms with van der Waals surface area (Å²) >= 11 is 6.79. The molecule has 0 unspecified atom stereocenters. The second-order valence-corrected chi connectivity index (χ2v) is 7.80. The Morgan fingerprint density at radius 2 is 1.86 bits per heavy atom. The fraction of sp³-hybridized carbons (Fsp3) is 0.263. The maximum Gasteiger partial charge on any atom is 0.418 e. The van der Waals surface area contributed by atoms with E-state index in [4.69, 9.17) is 11.6 Å². The van der Waals surface area contributed by atoms with Crippen molar-refractivity contribution in [1.29, 1.82) is 0 Å². The molecule has 1 aliphatic rings. The van der Waals surface area contributed by atoms with Crippen molar-refractivity contribution in [2.75, 3.05) is 16.4 Å². The second kappa shape index (κ2) is 8.45. The zero-order chi connectivity index (χ0) is 20.3. The lowest BCUT2D eigenvalue weighted by molar-refractivity contribution is -0.137. The maximum atomic E-state index is 13.1. The summed E-state index contributed by atoms with van der Waals surface area (Å²) < 4.78 is 39.3. The summed E-state index contributed by atoms with van der Waals surface area (Å²) in [5.41, 5.74) is -0.713. The molecule has 2 N–H and O–H groups in total. The van der Waals surface area contributed by atoms with E-state index < -0.39 is 17.6 Å². The average Bonchev–Trinajstić information content (AvgIpc) is 3.46. The number of rotatable bonds is 6.